The summed E-state index contributed by atoms with van der Waals surface area (Å²) in [6.45, 7) is 0.589. The van der Waals surface area contributed by atoms with Crippen molar-refractivity contribution in [1.82, 2.24) is 9.78 Å². The first-order valence-electron chi connectivity index (χ1n) is 5.95. The standard InChI is InChI=1S/C13H17N3/c1-16-13(10-3-2-4-10)11-6-5-9(8-14)7-12(11)15-16/h5-7,10H,2-4,8,14H2,1H3. The molecule has 0 saturated heterocycles. The predicted molar refractivity (Wildman–Crippen MR) is 65.2 cm³/mol. The molecular formula is C13H17N3. The third-order valence-corrected chi connectivity index (χ3v) is 3.67. The Morgan fingerprint density at radius 1 is 1.44 bits per heavy atom. The first-order valence-corrected chi connectivity index (χ1v) is 5.95. The van der Waals surface area contributed by atoms with Crippen molar-refractivity contribution in [2.24, 2.45) is 12.8 Å². The van der Waals surface area contributed by atoms with Crippen molar-refractivity contribution in [1.29, 1.82) is 0 Å². The van der Waals surface area contributed by atoms with Crippen LogP contribution in [-0.2, 0) is 13.6 Å². The van der Waals surface area contributed by atoms with E-state index in [1.54, 1.807) is 0 Å². The summed E-state index contributed by atoms with van der Waals surface area (Å²) >= 11 is 0. The lowest BCUT2D eigenvalue weighted by Gasteiger charge is -2.25. The van der Waals surface area contributed by atoms with E-state index in [4.69, 9.17) is 5.73 Å². The van der Waals surface area contributed by atoms with Gasteiger partial charge in [0.25, 0.3) is 0 Å². The molecule has 0 atom stereocenters. The normalized spacial score (nSPS) is 16.6. The van der Waals surface area contributed by atoms with Gasteiger partial charge in [-0.25, -0.2) is 0 Å². The zero-order valence-corrected chi connectivity index (χ0v) is 9.61. The van der Waals surface area contributed by atoms with Crippen molar-refractivity contribution in [3.63, 3.8) is 0 Å². The molecule has 0 radical (unpaired) electrons. The molecular weight excluding hydrogens is 198 g/mol. The van der Waals surface area contributed by atoms with E-state index in [0.717, 1.165) is 17.0 Å². The van der Waals surface area contributed by atoms with E-state index in [0.29, 0.717) is 6.54 Å². The zero-order chi connectivity index (χ0) is 11.1. The van der Waals surface area contributed by atoms with Crippen LogP contribution in [-0.4, -0.2) is 9.78 Å². The van der Waals surface area contributed by atoms with E-state index in [9.17, 15) is 0 Å². The highest BCUT2D eigenvalue weighted by Gasteiger charge is 2.25. The average molecular weight is 215 g/mol. The number of hydrogen-bond donors (Lipinski definition) is 1. The molecule has 1 aromatic carbocycles. The van der Waals surface area contributed by atoms with Gasteiger partial charge in [0, 0.05) is 30.6 Å². The van der Waals surface area contributed by atoms with Crippen molar-refractivity contribution < 1.29 is 0 Å². The summed E-state index contributed by atoms with van der Waals surface area (Å²) in [4.78, 5) is 0. The Hall–Kier alpha value is -1.35. The molecule has 1 heterocycles. The van der Waals surface area contributed by atoms with Crippen LogP contribution < -0.4 is 5.73 Å². The molecule has 3 nitrogen and oxygen atoms in total. The number of aryl methyl sites for hydroxylation is 1. The van der Waals surface area contributed by atoms with Crippen molar-refractivity contribution in [2.45, 2.75) is 31.7 Å². The zero-order valence-electron chi connectivity index (χ0n) is 9.61. The molecule has 0 spiro atoms. The van der Waals surface area contributed by atoms with Gasteiger partial charge >= 0.3 is 0 Å². The first kappa shape index (κ1) is 9.85. The molecule has 0 bridgehead atoms. The van der Waals surface area contributed by atoms with E-state index < -0.39 is 0 Å². The summed E-state index contributed by atoms with van der Waals surface area (Å²) < 4.78 is 2.05. The van der Waals surface area contributed by atoms with Crippen LogP contribution in [0, 0.1) is 0 Å². The summed E-state index contributed by atoms with van der Waals surface area (Å²) in [5, 5.41) is 5.90. The van der Waals surface area contributed by atoms with E-state index >= 15 is 0 Å². The quantitative estimate of drug-likeness (QED) is 0.835. The number of aromatic nitrogens is 2. The topological polar surface area (TPSA) is 43.8 Å². The molecule has 1 fully saturated rings. The Morgan fingerprint density at radius 3 is 2.88 bits per heavy atom. The lowest BCUT2D eigenvalue weighted by atomic mass is 9.81. The predicted octanol–water partition coefficient (Wildman–Crippen LogP) is 2.30. The number of nitrogens with zero attached hydrogens (tertiary/aromatic N) is 2. The maximum Gasteiger partial charge on any atom is 0.0929 e. The van der Waals surface area contributed by atoms with Crippen LogP contribution in [0.25, 0.3) is 10.9 Å². The molecule has 3 rings (SSSR count). The van der Waals surface area contributed by atoms with Crippen LogP contribution >= 0.6 is 0 Å². The van der Waals surface area contributed by atoms with Gasteiger partial charge in [-0.05, 0) is 24.5 Å². The van der Waals surface area contributed by atoms with Crippen LogP contribution in [0.3, 0.4) is 0 Å². The fourth-order valence-electron chi connectivity index (χ4n) is 2.56. The minimum absolute atomic E-state index is 0.589. The first-order chi connectivity index (χ1) is 7.79. The molecule has 2 aromatic rings. The van der Waals surface area contributed by atoms with Crippen molar-refractivity contribution in [2.75, 3.05) is 0 Å². The van der Waals surface area contributed by atoms with Crippen LogP contribution in [0.1, 0.15) is 36.4 Å². The fraction of sp³-hybridized carbons (Fsp3) is 0.462. The second-order valence-electron chi connectivity index (χ2n) is 4.69. The van der Waals surface area contributed by atoms with Crippen LogP contribution in [0.15, 0.2) is 18.2 Å². The summed E-state index contributed by atoms with van der Waals surface area (Å²) in [6.07, 6.45) is 3.98. The molecule has 1 aliphatic carbocycles. The monoisotopic (exact) mass is 215 g/mol. The lowest BCUT2D eigenvalue weighted by Crippen LogP contribution is -2.13. The highest BCUT2D eigenvalue weighted by Crippen LogP contribution is 2.39. The Kier molecular flexibility index (Phi) is 2.21. The fourth-order valence-corrected chi connectivity index (χ4v) is 2.56. The van der Waals surface area contributed by atoms with E-state index in [1.165, 1.54) is 30.3 Å². The van der Waals surface area contributed by atoms with Gasteiger partial charge in [0.1, 0.15) is 0 Å². The number of hydrogen-bond acceptors (Lipinski definition) is 2. The highest BCUT2D eigenvalue weighted by atomic mass is 15.3. The van der Waals surface area contributed by atoms with Crippen LogP contribution in [0.2, 0.25) is 0 Å². The maximum absolute atomic E-state index is 5.65. The lowest BCUT2D eigenvalue weighted by molar-refractivity contribution is 0.399. The van der Waals surface area contributed by atoms with Gasteiger partial charge in [-0.3, -0.25) is 4.68 Å². The van der Waals surface area contributed by atoms with Crippen LogP contribution in [0.5, 0.6) is 0 Å². The molecule has 0 aliphatic heterocycles. The molecule has 2 N–H and O–H groups in total. The number of rotatable bonds is 2. The Morgan fingerprint density at radius 2 is 2.25 bits per heavy atom. The Labute approximate surface area is 95.2 Å². The van der Waals surface area contributed by atoms with Gasteiger partial charge in [-0.15, -0.1) is 0 Å². The summed E-state index contributed by atoms with van der Waals surface area (Å²) in [5.41, 5.74) is 9.30. The molecule has 84 valence electrons. The molecule has 1 aliphatic rings. The average Bonchev–Trinajstić information content (AvgIpc) is 2.53. The van der Waals surface area contributed by atoms with E-state index in [2.05, 4.69) is 35.0 Å². The summed E-state index contributed by atoms with van der Waals surface area (Å²) in [6, 6.07) is 6.40. The molecule has 0 unspecified atom stereocenters. The van der Waals surface area contributed by atoms with E-state index in [1.807, 2.05) is 0 Å². The van der Waals surface area contributed by atoms with Crippen LogP contribution in [0.4, 0.5) is 0 Å². The molecule has 0 amide bonds. The Balaban J connectivity index is 2.16. The molecule has 16 heavy (non-hydrogen) atoms. The van der Waals surface area contributed by atoms with Gasteiger partial charge in [0.2, 0.25) is 0 Å². The Bertz CT molecular complexity index is 523. The largest absolute Gasteiger partial charge is 0.326 e. The minimum Gasteiger partial charge on any atom is -0.326 e. The SMILES string of the molecule is Cn1nc2cc(CN)ccc2c1C1CCC1. The molecule has 3 heteroatoms. The number of benzene rings is 1. The van der Waals surface area contributed by atoms with Crippen molar-refractivity contribution in [3.8, 4) is 0 Å². The molecule has 1 saturated carbocycles. The third kappa shape index (κ3) is 1.35. The van der Waals surface area contributed by atoms with Gasteiger partial charge in [0.05, 0.1) is 5.52 Å². The molecule has 1 aromatic heterocycles. The smallest absolute Gasteiger partial charge is 0.0929 e. The summed E-state index contributed by atoms with van der Waals surface area (Å²) in [5.74, 6) is 0.721. The minimum atomic E-state index is 0.589. The van der Waals surface area contributed by atoms with Gasteiger partial charge in [-0.1, -0.05) is 18.6 Å². The van der Waals surface area contributed by atoms with Crippen molar-refractivity contribution >= 4 is 10.9 Å². The third-order valence-electron chi connectivity index (χ3n) is 3.67. The number of nitrogens with two attached hydrogens (primary N) is 1. The summed E-state index contributed by atoms with van der Waals surface area (Å²) in [7, 11) is 2.05. The van der Waals surface area contributed by atoms with Gasteiger partial charge in [-0.2, -0.15) is 5.10 Å². The van der Waals surface area contributed by atoms with Gasteiger partial charge in [0.15, 0.2) is 0 Å². The van der Waals surface area contributed by atoms with E-state index in [-0.39, 0.29) is 0 Å². The maximum atomic E-state index is 5.65. The highest BCUT2D eigenvalue weighted by molar-refractivity contribution is 5.82. The second-order valence-corrected chi connectivity index (χ2v) is 4.69. The number of fused-ring (bicyclic) bond motifs is 1. The van der Waals surface area contributed by atoms with Crippen molar-refractivity contribution in [3.05, 3.63) is 29.5 Å². The van der Waals surface area contributed by atoms with Gasteiger partial charge < -0.3 is 5.73 Å². The second kappa shape index (κ2) is 3.59.